The van der Waals surface area contributed by atoms with Gasteiger partial charge in [0, 0.05) is 157 Å². The average Bonchev–Trinajstić information content (AvgIpc) is 1.68. The second-order valence-electron chi connectivity index (χ2n) is 37.7. The molecule has 17 N–H and O–H groups in total. The molecule has 4 aliphatic heterocycles. The summed E-state index contributed by atoms with van der Waals surface area (Å²) in [5.74, 6) is -11.9. The van der Waals surface area contributed by atoms with Crippen LogP contribution in [0, 0.1) is 35.0 Å². The van der Waals surface area contributed by atoms with E-state index in [1.54, 1.807) is 37.3 Å². The first-order chi connectivity index (χ1) is 69.4. The van der Waals surface area contributed by atoms with Crippen molar-refractivity contribution < 1.29 is 125 Å². The number of thioether (sulfide) groups is 2. The Labute approximate surface area is 856 Å². The number of aromatic nitrogens is 2. The lowest BCUT2D eigenvalue weighted by Gasteiger charge is -2.31. The Balaban J connectivity index is 0.000000454. The van der Waals surface area contributed by atoms with E-state index in [9.17, 15) is 106 Å². The van der Waals surface area contributed by atoms with Gasteiger partial charge in [0.15, 0.2) is 34.7 Å². The van der Waals surface area contributed by atoms with Crippen molar-refractivity contribution in [3.05, 3.63) is 90.0 Å². The number of ketones is 8. The van der Waals surface area contributed by atoms with E-state index in [2.05, 4.69) is 52.5 Å². The van der Waals surface area contributed by atoms with Crippen molar-refractivity contribution in [2.45, 2.75) is 299 Å². The Hall–Kier alpha value is -11.1. The number of likely N-dealkylation sites (tertiary alicyclic amines) is 2. The molecule has 5 heterocycles. The number of nitrogens with zero attached hydrogens (tertiary/aromatic N) is 3. The molecule has 4 saturated heterocycles. The molecule has 16 atom stereocenters. The summed E-state index contributed by atoms with van der Waals surface area (Å²) in [4.78, 5) is 258. The summed E-state index contributed by atoms with van der Waals surface area (Å²) in [6.45, 7) is 8.60. The minimum absolute atomic E-state index is 0.0174. The monoisotopic (exact) mass is 2070 g/mol. The minimum Gasteiger partial charge on any atom is -0.481 e. The van der Waals surface area contributed by atoms with Crippen molar-refractivity contribution >= 4 is 141 Å². The number of unbranched alkanes of at least 4 members (excludes halogenated alkanes) is 2. The van der Waals surface area contributed by atoms with E-state index >= 15 is 0 Å². The number of nitrogens with two attached hydrogens (primary N) is 2. The molecule has 43 heteroatoms. The predicted octanol–water partition coefficient (Wildman–Crippen LogP) is 4.50. The molecule has 0 aliphatic carbocycles. The summed E-state index contributed by atoms with van der Waals surface area (Å²) in [5.41, 5.74) is 12.9. The van der Waals surface area contributed by atoms with Gasteiger partial charge in [-0.3, -0.25) is 91.7 Å². The van der Waals surface area contributed by atoms with Gasteiger partial charge in [0.05, 0.1) is 105 Å². The first-order valence-corrected chi connectivity index (χ1v) is 53.0. The number of carbonyl (C=O) groups is 19. The van der Waals surface area contributed by atoms with Gasteiger partial charge < -0.3 is 103 Å². The number of primary amides is 1. The molecule has 0 radical (unpaired) electrons. The van der Waals surface area contributed by atoms with Crippen LogP contribution >= 0.6 is 23.5 Å². The van der Waals surface area contributed by atoms with Crippen LogP contribution in [0.25, 0.3) is 0 Å². The zero-order valence-electron chi connectivity index (χ0n) is 84.5. The number of amides is 11. The van der Waals surface area contributed by atoms with Gasteiger partial charge in [0.2, 0.25) is 53.2 Å². The maximum Gasteiger partial charge on any atom is 0.315 e. The number of hydrogen-bond donors (Lipinski definition) is 15. The number of aromatic amines is 1. The van der Waals surface area contributed by atoms with Crippen molar-refractivity contribution in [3.63, 3.8) is 0 Å². The Bertz CT molecular complexity index is 4690. The summed E-state index contributed by atoms with van der Waals surface area (Å²) in [6, 6.07) is 10.4. The summed E-state index contributed by atoms with van der Waals surface area (Å²) in [5, 5.41) is 60.7. The summed E-state index contributed by atoms with van der Waals surface area (Å²) in [6.07, 6.45) is 10.9. The number of nitrogens with one attached hydrogen (secondary N) is 10. The zero-order chi connectivity index (χ0) is 106. The molecule has 3 aromatic rings. The number of carbonyl (C=O) groups excluding carboxylic acids is 18. The number of urea groups is 1. The predicted molar refractivity (Wildman–Crippen MR) is 540 cm³/mol. The smallest absolute Gasteiger partial charge is 0.315 e. The van der Waals surface area contributed by atoms with E-state index in [-0.39, 0.29) is 201 Å². The molecule has 11 amide bonds. The van der Waals surface area contributed by atoms with E-state index < -0.39 is 162 Å². The largest absolute Gasteiger partial charge is 0.481 e. The Morgan fingerprint density at radius 2 is 1.15 bits per heavy atom. The molecule has 7 rings (SSSR count). The van der Waals surface area contributed by atoms with Gasteiger partial charge in [-0.05, 0) is 146 Å². The van der Waals surface area contributed by atoms with Crippen molar-refractivity contribution in [2.24, 2.45) is 41.1 Å². The number of imidazole rings is 1. The van der Waals surface area contributed by atoms with Crippen LogP contribution in [0.15, 0.2) is 73.2 Å². The Morgan fingerprint density at radius 3 is 1.75 bits per heavy atom. The van der Waals surface area contributed by atoms with Crippen molar-refractivity contribution in [1.82, 2.24) is 62.3 Å². The van der Waals surface area contributed by atoms with E-state index in [0.717, 1.165) is 30.6 Å². The summed E-state index contributed by atoms with van der Waals surface area (Å²) >= 11 is 3.34. The van der Waals surface area contributed by atoms with Gasteiger partial charge >= 0.3 is 12.0 Å². The van der Waals surface area contributed by atoms with Crippen molar-refractivity contribution in [2.75, 3.05) is 96.9 Å². The molecule has 1 unspecified atom stereocenters. The van der Waals surface area contributed by atoms with Crippen molar-refractivity contribution in [3.8, 4) is 0 Å². The number of benzene rings is 2. The SMILES string of the molecule is CC[C@@H](C)C(=O)N[C@@H](CCC(=O)O)C(=O)C[C@@H](CCCCC(=N)N)C(=O)CCCNC(=O)COCCOCCCC(=O)COCCOCCCC(=O)CCCC[C@@H]1SC[C@@H]2NC(=O)N[C@@H]21.CSCC[C@H](NC(C)=O)C(=O)C[C@@H](CCC(N)=O)C(=O)N[C@@H](CO)C(=O)N1CCC[C@H]1C(=O)N[C@@H](Cc1ccccc1)C(=O)CC(C(=O)N1CCC[C@H]1C(=O)C[C@@H](Cc1cnc[nH]1)C(=O)N[C@@H](Cc1ccccc1)C(C)=O)[C@@H](C)O. The quantitative estimate of drug-likeness (QED) is 0.0160. The molecule has 4 aliphatic rings. The van der Waals surface area contributed by atoms with Crippen LogP contribution < -0.4 is 54.0 Å². The van der Waals surface area contributed by atoms with Crippen LogP contribution in [0.1, 0.15) is 231 Å². The highest BCUT2D eigenvalue weighted by Crippen LogP contribution is 2.34. The first-order valence-electron chi connectivity index (χ1n) is 50.6. The number of H-pyrrole nitrogens is 1. The zero-order valence-corrected chi connectivity index (χ0v) is 86.2. The molecule has 2 aromatic carbocycles. The van der Waals surface area contributed by atoms with Crippen LogP contribution in [-0.2, 0) is 125 Å². The molecule has 145 heavy (non-hydrogen) atoms. The highest BCUT2D eigenvalue weighted by Gasteiger charge is 2.46. The number of fused-ring (bicyclic) bond motifs is 1. The van der Waals surface area contributed by atoms with Crippen LogP contribution in [0.2, 0.25) is 0 Å². The number of ether oxygens (including phenoxy) is 4. The molecule has 41 nitrogen and oxygen atoms in total. The fourth-order valence-electron chi connectivity index (χ4n) is 17.6. The topological polar surface area (TPSA) is 629 Å². The summed E-state index contributed by atoms with van der Waals surface area (Å²) < 4.78 is 21.8. The van der Waals surface area contributed by atoms with Crippen LogP contribution in [0.3, 0.4) is 0 Å². The lowest BCUT2D eigenvalue weighted by atomic mass is 9.87. The molecule has 0 spiro atoms. The third-order valence-electron chi connectivity index (χ3n) is 26.1. The maximum atomic E-state index is 14.6. The summed E-state index contributed by atoms with van der Waals surface area (Å²) in [7, 11) is 0. The van der Waals surface area contributed by atoms with Gasteiger partial charge in [0.25, 0.3) is 0 Å². The second kappa shape index (κ2) is 67.6. The third kappa shape index (κ3) is 46.3. The molecule has 1 aromatic heterocycles. The molecule has 804 valence electrons. The minimum atomic E-state index is -1.59. The fourth-order valence-corrected chi connectivity index (χ4v) is 19.6. The Kier molecular flexibility index (Phi) is 57.2. The normalized spacial score (nSPS) is 18.0. The number of amidine groups is 1. The van der Waals surface area contributed by atoms with Crippen molar-refractivity contribution in [1.29, 1.82) is 5.41 Å². The van der Waals surface area contributed by atoms with Crippen LogP contribution in [0.4, 0.5) is 4.79 Å². The number of aliphatic hydroxyl groups is 2. The van der Waals surface area contributed by atoms with Gasteiger partial charge in [-0.2, -0.15) is 23.5 Å². The van der Waals surface area contributed by atoms with Crippen LogP contribution in [-0.4, -0.2) is 315 Å². The number of aliphatic hydroxyl groups excluding tert-OH is 2. The van der Waals surface area contributed by atoms with E-state index in [4.69, 9.17) is 35.8 Å². The fraction of sp³-hybridized carbons (Fsp3) is 0.657. The third-order valence-corrected chi connectivity index (χ3v) is 28.2. The van der Waals surface area contributed by atoms with E-state index in [0.29, 0.717) is 126 Å². The van der Waals surface area contributed by atoms with Gasteiger partial charge in [-0.25, -0.2) is 9.78 Å². The molecule has 4 fully saturated rings. The number of aliphatic carboxylic acids is 1. The second-order valence-corrected chi connectivity index (χ2v) is 39.9. The number of Topliss-reactive ketones (excluding diaryl/α,β-unsaturated/α-hetero) is 8. The number of hydrogen-bond acceptors (Lipinski definition) is 29. The maximum absolute atomic E-state index is 14.6. The van der Waals surface area contributed by atoms with E-state index in [1.807, 2.05) is 55.3 Å². The van der Waals surface area contributed by atoms with Gasteiger partial charge in [-0.15, -0.1) is 0 Å². The molecule has 0 bridgehead atoms. The molecule has 0 saturated carbocycles. The Morgan fingerprint density at radius 1 is 0.572 bits per heavy atom. The lowest BCUT2D eigenvalue weighted by Crippen LogP contribution is -2.57. The molecular weight excluding hydrogens is 1920 g/mol. The number of carboxylic acids is 1. The number of carboxylic acid groups (broad SMARTS) is 1. The first kappa shape index (κ1) is 123. The average molecular weight is 2070 g/mol. The lowest BCUT2D eigenvalue weighted by molar-refractivity contribution is -0.146. The highest BCUT2D eigenvalue weighted by atomic mass is 32.2. The standard InChI is InChI=1S/C57H77N9O13S.C45H76N6O13S/c1-34(68)42(56(78)65-22-11-17-47(65)51(73)29-40(27-41-31-59-33-60-41)54(76)62-44(35(2)69)25-37-13-7-5-8-14-37)30-50(72)45(26-38-15-9-6-10-16-38)63-55(77)48-18-12-23-66(48)57(79)46(32-67)64-53(75)39(19-20-52(58)74)28-49(71)43(21-24-80-4)61-36(3)70;1-3-31(2)44(59)49-35(18-19-42(57)58)38(55)27-32(11-4-7-17-40(46)47)37(54)15-8-20-48-41(56)29-64-26-24-62-22-10-14-34(53)28-63-25-23-61-21-9-13-33(52)12-5-6-16-39-43-36(30-65-39)50-45(60)51-43/h5-10,13-16,31,33-34,39-40,42-48,67-68H,11-12,17-30,32H2,1-4H3,(H2,58,74)(H,59,60)(H,61,70)(H,62,76)(H,63,77)(H,64,75);31-32,35-36,39,43H,3-30H2,1-2H3,(H3,46,47)(H,48,56)(H,49,59)(H,57,58)(H2,50,51,60)/t34-,39-,40-,42?,43+,44+,45+,46+,47+,48+;31-,32-,35+,36+,39+,43+/m11/s1. The van der Waals surface area contributed by atoms with Gasteiger partial charge in [0.1, 0.15) is 36.9 Å². The van der Waals surface area contributed by atoms with Crippen LogP contribution in [0.5, 0.6) is 0 Å². The van der Waals surface area contributed by atoms with E-state index in [1.165, 1.54) is 54.9 Å². The van der Waals surface area contributed by atoms with Gasteiger partial charge in [-0.1, -0.05) is 87.4 Å². The molecular formula is C102H153N15O26S2. The number of rotatable bonds is 75. The highest BCUT2D eigenvalue weighted by molar-refractivity contribution is 8.00.